The molecule has 4 heteroatoms. The Bertz CT molecular complexity index is 730. The Morgan fingerprint density at radius 3 is 2.94 bits per heavy atom. The minimum Gasteiger partial charge on any atom is -0.359 e. The van der Waals surface area contributed by atoms with Gasteiger partial charge >= 0.3 is 0 Å². The molecule has 0 unspecified atom stereocenters. The maximum absolute atomic E-state index is 11.4. The lowest BCUT2D eigenvalue weighted by molar-refractivity contribution is -0.120. The number of aromatic amines is 1. The quantitative estimate of drug-likeness (QED) is 0.718. The zero-order valence-electron chi connectivity index (χ0n) is 10.0. The van der Waals surface area contributed by atoms with Crippen LogP contribution in [-0.2, 0) is 11.2 Å². The highest BCUT2D eigenvalue weighted by Crippen LogP contribution is 2.24. The second-order valence-electron chi connectivity index (χ2n) is 4.24. The van der Waals surface area contributed by atoms with E-state index in [2.05, 4.69) is 21.4 Å². The molecule has 1 aromatic carbocycles. The predicted octanol–water partition coefficient (Wildman–Crippen LogP) is 2.00. The summed E-state index contributed by atoms with van der Waals surface area (Å²) in [6, 6.07) is 10.1. The van der Waals surface area contributed by atoms with Gasteiger partial charge in [-0.15, -0.1) is 0 Å². The summed E-state index contributed by atoms with van der Waals surface area (Å²) in [6.07, 6.45) is 2.10. The Morgan fingerprint density at radius 1 is 1.28 bits per heavy atom. The SMILES string of the molecule is CNC(=O)Cc1cc2c(cn1)[nH]c1ccccc12. The molecule has 0 aliphatic heterocycles. The van der Waals surface area contributed by atoms with E-state index in [0.717, 1.165) is 27.5 Å². The van der Waals surface area contributed by atoms with E-state index < -0.39 is 0 Å². The summed E-state index contributed by atoms with van der Waals surface area (Å²) in [5.74, 6) is -0.0262. The number of amides is 1. The molecule has 2 N–H and O–H groups in total. The molecule has 0 bridgehead atoms. The van der Waals surface area contributed by atoms with Crippen molar-refractivity contribution in [3.63, 3.8) is 0 Å². The maximum atomic E-state index is 11.4. The van der Waals surface area contributed by atoms with Gasteiger partial charge in [0.25, 0.3) is 0 Å². The van der Waals surface area contributed by atoms with Crippen molar-refractivity contribution in [2.24, 2.45) is 0 Å². The van der Waals surface area contributed by atoms with Crippen LogP contribution in [0.15, 0.2) is 36.5 Å². The summed E-state index contributed by atoms with van der Waals surface area (Å²) in [4.78, 5) is 19.0. The summed E-state index contributed by atoms with van der Waals surface area (Å²) in [5.41, 5.74) is 2.87. The third kappa shape index (κ3) is 1.72. The molecule has 0 saturated carbocycles. The molecule has 2 aromatic heterocycles. The molecule has 3 aromatic rings. The van der Waals surface area contributed by atoms with Gasteiger partial charge in [-0.25, -0.2) is 0 Å². The first-order chi connectivity index (χ1) is 8.78. The number of pyridine rings is 1. The fourth-order valence-corrected chi connectivity index (χ4v) is 2.14. The zero-order valence-corrected chi connectivity index (χ0v) is 10.0. The number of likely N-dealkylation sites (N-methyl/N-ethyl adjacent to an activating group) is 1. The predicted molar refractivity (Wildman–Crippen MR) is 71.4 cm³/mol. The fourth-order valence-electron chi connectivity index (χ4n) is 2.14. The van der Waals surface area contributed by atoms with Crippen molar-refractivity contribution in [2.45, 2.75) is 6.42 Å². The van der Waals surface area contributed by atoms with E-state index >= 15 is 0 Å². The Balaban J connectivity index is 2.15. The molecule has 90 valence electrons. The van der Waals surface area contributed by atoms with Crippen molar-refractivity contribution in [1.82, 2.24) is 15.3 Å². The van der Waals surface area contributed by atoms with E-state index in [-0.39, 0.29) is 5.91 Å². The molecule has 0 aliphatic carbocycles. The molecule has 4 nitrogen and oxygen atoms in total. The van der Waals surface area contributed by atoms with Crippen LogP contribution in [0.2, 0.25) is 0 Å². The number of hydrogen-bond acceptors (Lipinski definition) is 2. The number of nitrogens with zero attached hydrogens (tertiary/aromatic N) is 1. The summed E-state index contributed by atoms with van der Waals surface area (Å²) < 4.78 is 0. The zero-order chi connectivity index (χ0) is 12.5. The first kappa shape index (κ1) is 10.8. The highest BCUT2D eigenvalue weighted by atomic mass is 16.1. The van der Waals surface area contributed by atoms with Gasteiger partial charge in [0.05, 0.1) is 23.8 Å². The molecule has 0 atom stereocenters. The number of fused-ring (bicyclic) bond motifs is 3. The largest absolute Gasteiger partial charge is 0.359 e. The van der Waals surface area contributed by atoms with Crippen LogP contribution in [0, 0.1) is 0 Å². The van der Waals surface area contributed by atoms with Gasteiger partial charge < -0.3 is 10.3 Å². The molecule has 1 amide bonds. The second kappa shape index (κ2) is 4.14. The van der Waals surface area contributed by atoms with Crippen LogP contribution in [0.3, 0.4) is 0 Å². The summed E-state index contributed by atoms with van der Waals surface area (Å²) in [6.45, 7) is 0. The van der Waals surface area contributed by atoms with Gasteiger partial charge in [0.1, 0.15) is 0 Å². The molecular weight excluding hydrogens is 226 g/mol. The standard InChI is InChI=1S/C14H13N3O/c1-15-14(18)7-9-6-11-10-4-2-3-5-12(10)17-13(11)8-16-9/h2-6,8,17H,7H2,1H3,(H,15,18). The molecule has 0 radical (unpaired) electrons. The monoisotopic (exact) mass is 239 g/mol. The Morgan fingerprint density at radius 2 is 2.11 bits per heavy atom. The van der Waals surface area contributed by atoms with E-state index in [9.17, 15) is 4.79 Å². The Labute approximate surface area is 104 Å². The molecule has 0 saturated heterocycles. The van der Waals surface area contributed by atoms with Gasteiger partial charge in [0.2, 0.25) is 5.91 Å². The number of H-pyrrole nitrogens is 1. The first-order valence-electron chi connectivity index (χ1n) is 5.84. The average Bonchev–Trinajstić information content (AvgIpc) is 2.77. The number of aromatic nitrogens is 2. The second-order valence-corrected chi connectivity index (χ2v) is 4.24. The lowest BCUT2D eigenvalue weighted by Crippen LogP contribution is -2.20. The van der Waals surface area contributed by atoms with Gasteiger partial charge in [0.15, 0.2) is 0 Å². The maximum Gasteiger partial charge on any atom is 0.225 e. The lowest BCUT2D eigenvalue weighted by Gasteiger charge is -1.99. The van der Waals surface area contributed by atoms with Crippen LogP contribution < -0.4 is 5.32 Å². The van der Waals surface area contributed by atoms with Crippen molar-refractivity contribution in [3.8, 4) is 0 Å². The minimum atomic E-state index is -0.0262. The summed E-state index contributed by atoms with van der Waals surface area (Å²) in [5, 5.41) is 4.88. The number of carbonyl (C=O) groups excluding carboxylic acids is 1. The highest BCUT2D eigenvalue weighted by molar-refractivity contribution is 6.07. The Hall–Kier alpha value is -2.36. The summed E-state index contributed by atoms with van der Waals surface area (Å²) >= 11 is 0. The van der Waals surface area contributed by atoms with Gasteiger partial charge in [-0.05, 0) is 12.1 Å². The number of nitrogens with one attached hydrogen (secondary N) is 2. The summed E-state index contributed by atoms with van der Waals surface area (Å²) in [7, 11) is 1.63. The van der Waals surface area contributed by atoms with E-state index in [1.165, 1.54) is 0 Å². The van der Waals surface area contributed by atoms with Crippen LogP contribution in [0.1, 0.15) is 5.69 Å². The van der Waals surface area contributed by atoms with Crippen LogP contribution in [0.4, 0.5) is 0 Å². The van der Waals surface area contributed by atoms with Crippen molar-refractivity contribution < 1.29 is 4.79 Å². The van der Waals surface area contributed by atoms with Crippen molar-refractivity contribution in [2.75, 3.05) is 7.05 Å². The number of hydrogen-bond donors (Lipinski definition) is 2. The minimum absolute atomic E-state index is 0.0262. The smallest absolute Gasteiger partial charge is 0.225 e. The highest BCUT2D eigenvalue weighted by Gasteiger charge is 2.07. The Kier molecular flexibility index (Phi) is 2.48. The molecule has 3 rings (SSSR count). The van der Waals surface area contributed by atoms with Gasteiger partial charge in [-0.2, -0.15) is 0 Å². The van der Waals surface area contributed by atoms with Crippen molar-refractivity contribution in [1.29, 1.82) is 0 Å². The van der Waals surface area contributed by atoms with Crippen LogP contribution >= 0.6 is 0 Å². The lowest BCUT2D eigenvalue weighted by atomic mass is 10.1. The normalized spacial score (nSPS) is 10.9. The van der Waals surface area contributed by atoms with Crippen LogP contribution in [0.5, 0.6) is 0 Å². The molecule has 18 heavy (non-hydrogen) atoms. The van der Waals surface area contributed by atoms with Gasteiger partial charge in [-0.3, -0.25) is 9.78 Å². The van der Waals surface area contributed by atoms with Crippen LogP contribution in [-0.4, -0.2) is 22.9 Å². The van der Waals surface area contributed by atoms with E-state index in [1.54, 1.807) is 13.2 Å². The topological polar surface area (TPSA) is 57.8 Å². The van der Waals surface area contributed by atoms with Crippen LogP contribution in [0.25, 0.3) is 21.8 Å². The molecule has 0 fully saturated rings. The van der Waals surface area contributed by atoms with Crippen molar-refractivity contribution >= 4 is 27.7 Å². The van der Waals surface area contributed by atoms with E-state index in [4.69, 9.17) is 0 Å². The molecule has 0 spiro atoms. The number of rotatable bonds is 2. The third-order valence-corrected chi connectivity index (χ3v) is 3.07. The van der Waals surface area contributed by atoms with Gasteiger partial charge in [-0.1, -0.05) is 18.2 Å². The van der Waals surface area contributed by atoms with Gasteiger partial charge in [0, 0.05) is 23.3 Å². The average molecular weight is 239 g/mol. The number of benzene rings is 1. The molecular formula is C14H13N3O. The molecule has 0 aliphatic rings. The van der Waals surface area contributed by atoms with E-state index in [1.807, 2.05) is 24.3 Å². The van der Waals surface area contributed by atoms with E-state index in [0.29, 0.717) is 6.42 Å². The third-order valence-electron chi connectivity index (χ3n) is 3.07. The molecule has 2 heterocycles. The number of carbonyl (C=O) groups is 1. The fraction of sp³-hybridized carbons (Fsp3) is 0.143. The first-order valence-corrected chi connectivity index (χ1v) is 5.84. The van der Waals surface area contributed by atoms with Crippen molar-refractivity contribution in [3.05, 3.63) is 42.2 Å². The number of para-hydroxylation sites is 1.